The van der Waals surface area contributed by atoms with Crippen molar-refractivity contribution in [2.75, 3.05) is 19.6 Å². The van der Waals surface area contributed by atoms with Crippen molar-refractivity contribution >= 4 is 29.9 Å². The van der Waals surface area contributed by atoms with Gasteiger partial charge in [-0.05, 0) is 32.4 Å². The number of likely N-dealkylation sites (N-methyl/N-ethyl adjacent to an activating group) is 1. The normalized spacial score (nSPS) is 18.9. The number of nitrogens with two attached hydrogens (primary N) is 1. The lowest BCUT2D eigenvalue weighted by molar-refractivity contribution is 0.267. The van der Waals surface area contributed by atoms with Crippen LogP contribution in [0.2, 0.25) is 0 Å². The number of hydrogen-bond acceptors (Lipinski definition) is 4. The lowest BCUT2D eigenvalue weighted by Gasteiger charge is -2.23. The van der Waals surface area contributed by atoms with Crippen LogP contribution in [0.25, 0.3) is 0 Å². The number of guanidine groups is 1. The molecule has 0 radical (unpaired) electrons. The average molecular weight is 435 g/mol. The highest BCUT2D eigenvalue weighted by molar-refractivity contribution is 14.0. The molecule has 0 saturated carbocycles. The van der Waals surface area contributed by atoms with Gasteiger partial charge in [0, 0.05) is 24.6 Å². The van der Waals surface area contributed by atoms with Crippen LogP contribution in [0.3, 0.4) is 0 Å². The van der Waals surface area contributed by atoms with Crippen LogP contribution in [0, 0.1) is 0 Å². The Balaban J connectivity index is 0.00000264. The number of aryl methyl sites for hydroxylation is 2. The maximum Gasteiger partial charge on any atom is 0.188 e. The van der Waals surface area contributed by atoms with Gasteiger partial charge in [-0.2, -0.15) is 0 Å². The lowest BCUT2D eigenvalue weighted by atomic mass is 10.1. The Bertz CT molecular complexity index is 481. The van der Waals surface area contributed by atoms with Gasteiger partial charge in [0.1, 0.15) is 5.76 Å². The van der Waals surface area contributed by atoms with Crippen LogP contribution in [0.5, 0.6) is 0 Å². The molecule has 1 fully saturated rings. The predicted molar refractivity (Wildman–Crippen MR) is 104 cm³/mol. The highest BCUT2D eigenvalue weighted by Gasteiger charge is 2.22. The first-order chi connectivity index (χ1) is 10.7. The van der Waals surface area contributed by atoms with Crippen LogP contribution in [0.4, 0.5) is 0 Å². The molecule has 0 spiro atoms. The van der Waals surface area contributed by atoms with Gasteiger partial charge in [-0.15, -0.1) is 24.0 Å². The number of halogens is 1. The second-order valence-electron chi connectivity index (χ2n) is 5.75. The summed E-state index contributed by atoms with van der Waals surface area (Å²) < 4.78 is 5.35. The number of nitrogens with zero attached hydrogens (tertiary/aromatic N) is 3. The lowest BCUT2D eigenvalue weighted by Crippen LogP contribution is -2.42. The Kier molecular flexibility index (Phi) is 8.90. The van der Waals surface area contributed by atoms with E-state index >= 15 is 0 Å². The second kappa shape index (κ2) is 10.1. The van der Waals surface area contributed by atoms with Crippen molar-refractivity contribution in [1.82, 2.24) is 15.4 Å². The molecule has 6 nitrogen and oxygen atoms in total. The fraction of sp³-hybridized carbons (Fsp3) is 0.750. The van der Waals surface area contributed by atoms with Crippen molar-refractivity contribution in [3.8, 4) is 0 Å². The number of hydrogen-bond donors (Lipinski definition) is 2. The fourth-order valence-electron chi connectivity index (χ4n) is 3.10. The zero-order valence-corrected chi connectivity index (χ0v) is 16.8. The van der Waals surface area contributed by atoms with Gasteiger partial charge in [-0.25, -0.2) is 4.99 Å². The number of aromatic nitrogens is 1. The maximum absolute atomic E-state index is 6.01. The van der Waals surface area contributed by atoms with E-state index in [2.05, 4.69) is 41.1 Å². The monoisotopic (exact) mass is 435 g/mol. The SMILES string of the molecule is CCc1noc(CC)c1CN=C(N)NCC1CCCN1CC.I. The van der Waals surface area contributed by atoms with Gasteiger partial charge in [0.15, 0.2) is 5.96 Å². The molecule has 1 aliphatic heterocycles. The third kappa shape index (κ3) is 5.34. The molecular formula is C16H30IN5O. The Hall–Kier alpha value is -0.830. The van der Waals surface area contributed by atoms with Crippen molar-refractivity contribution in [2.24, 2.45) is 10.7 Å². The van der Waals surface area contributed by atoms with Gasteiger partial charge in [-0.3, -0.25) is 4.90 Å². The molecule has 1 saturated heterocycles. The van der Waals surface area contributed by atoms with Crippen LogP contribution in [-0.2, 0) is 19.4 Å². The van der Waals surface area contributed by atoms with Crippen LogP contribution in [0.1, 0.15) is 50.6 Å². The Morgan fingerprint density at radius 3 is 2.83 bits per heavy atom. The summed E-state index contributed by atoms with van der Waals surface area (Å²) in [4.78, 5) is 6.95. The molecule has 0 bridgehead atoms. The molecular weight excluding hydrogens is 405 g/mol. The van der Waals surface area contributed by atoms with E-state index in [1.165, 1.54) is 19.4 Å². The number of aliphatic imine (C=N–C) groups is 1. The van der Waals surface area contributed by atoms with E-state index in [0.717, 1.165) is 42.9 Å². The first kappa shape index (κ1) is 20.2. The zero-order valence-electron chi connectivity index (χ0n) is 14.5. The molecule has 23 heavy (non-hydrogen) atoms. The van der Waals surface area contributed by atoms with Crippen molar-refractivity contribution in [2.45, 2.75) is 59.0 Å². The molecule has 0 aliphatic carbocycles. The topological polar surface area (TPSA) is 79.7 Å². The van der Waals surface area contributed by atoms with Crippen LogP contribution in [-0.4, -0.2) is 41.7 Å². The minimum Gasteiger partial charge on any atom is -0.370 e. The van der Waals surface area contributed by atoms with Crippen LogP contribution >= 0.6 is 24.0 Å². The third-order valence-electron chi connectivity index (χ3n) is 4.44. The summed E-state index contributed by atoms with van der Waals surface area (Å²) in [5.41, 5.74) is 8.08. The number of likely N-dealkylation sites (tertiary alicyclic amines) is 1. The first-order valence-corrected chi connectivity index (χ1v) is 8.43. The van der Waals surface area contributed by atoms with Gasteiger partial charge in [0.2, 0.25) is 0 Å². The Morgan fingerprint density at radius 1 is 1.39 bits per heavy atom. The largest absolute Gasteiger partial charge is 0.370 e. The van der Waals surface area contributed by atoms with E-state index in [0.29, 0.717) is 18.5 Å². The Labute approximate surface area is 156 Å². The summed E-state index contributed by atoms with van der Waals surface area (Å²) >= 11 is 0. The molecule has 3 N–H and O–H groups in total. The summed E-state index contributed by atoms with van der Waals surface area (Å²) in [6.07, 6.45) is 4.20. The van der Waals surface area contributed by atoms with E-state index in [1.807, 2.05) is 0 Å². The average Bonchev–Trinajstić information content (AvgIpc) is 3.16. The summed E-state index contributed by atoms with van der Waals surface area (Å²) in [6, 6.07) is 0.576. The van der Waals surface area contributed by atoms with E-state index in [4.69, 9.17) is 10.3 Å². The maximum atomic E-state index is 6.01. The van der Waals surface area contributed by atoms with E-state index in [-0.39, 0.29) is 24.0 Å². The van der Waals surface area contributed by atoms with Gasteiger partial charge in [0.25, 0.3) is 0 Å². The molecule has 1 unspecified atom stereocenters. The smallest absolute Gasteiger partial charge is 0.188 e. The summed E-state index contributed by atoms with van der Waals surface area (Å²) in [5.74, 6) is 1.43. The predicted octanol–water partition coefficient (Wildman–Crippen LogP) is 2.31. The highest BCUT2D eigenvalue weighted by atomic mass is 127. The van der Waals surface area contributed by atoms with E-state index in [9.17, 15) is 0 Å². The minimum absolute atomic E-state index is 0. The Morgan fingerprint density at radius 2 is 2.17 bits per heavy atom. The first-order valence-electron chi connectivity index (χ1n) is 8.43. The molecule has 1 aromatic heterocycles. The molecule has 7 heteroatoms. The molecule has 1 aromatic rings. The van der Waals surface area contributed by atoms with Crippen molar-refractivity contribution < 1.29 is 4.52 Å². The number of nitrogens with one attached hydrogen (secondary N) is 1. The van der Waals surface area contributed by atoms with Crippen molar-refractivity contribution in [1.29, 1.82) is 0 Å². The molecule has 1 aliphatic rings. The van der Waals surface area contributed by atoms with Crippen LogP contribution in [0.15, 0.2) is 9.52 Å². The van der Waals surface area contributed by atoms with Gasteiger partial charge >= 0.3 is 0 Å². The molecule has 0 aromatic carbocycles. The summed E-state index contributed by atoms with van der Waals surface area (Å²) in [7, 11) is 0. The van der Waals surface area contributed by atoms with Crippen LogP contribution < -0.4 is 11.1 Å². The fourth-order valence-corrected chi connectivity index (χ4v) is 3.10. The standard InChI is InChI=1S/C16H29N5O.HI/c1-4-14-13(15(5-2)22-20-14)11-19-16(17)18-10-12-8-7-9-21(12)6-3;/h12H,4-11H2,1-3H3,(H3,17,18,19);1H. The molecule has 0 amide bonds. The zero-order chi connectivity index (χ0) is 15.9. The minimum atomic E-state index is 0. The summed E-state index contributed by atoms with van der Waals surface area (Å²) in [5, 5.41) is 7.36. The van der Waals surface area contributed by atoms with Crippen molar-refractivity contribution in [3.63, 3.8) is 0 Å². The number of rotatable bonds is 7. The van der Waals surface area contributed by atoms with Gasteiger partial charge in [-0.1, -0.05) is 25.9 Å². The molecule has 2 rings (SSSR count). The van der Waals surface area contributed by atoms with Gasteiger partial charge in [0.05, 0.1) is 12.2 Å². The molecule has 132 valence electrons. The molecule has 1 atom stereocenters. The van der Waals surface area contributed by atoms with E-state index in [1.54, 1.807) is 0 Å². The second-order valence-corrected chi connectivity index (χ2v) is 5.75. The van der Waals surface area contributed by atoms with E-state index < -0.39 is 0 Å². The highest BCUT2D eigenvalue weighted by Crippen LogP contribution is 2.17. The molecule has 2 heterocycles. The quantitative estimate of drug-likeness (QED) is 0.391. The third-order valence-corrected chi connectivity index (χ3v) is 4.44. The van der Waals surface area contributed by atoms with Gasteiger partial charge < -0.3 is 15.6 Å². The summed E-state index contributed by atoms with van der Waals surface area (Å²) in [6.45, 7) is 10.1. The van der Waals surface area contributed by atoms with Crippen molar-refractivity contribution in [3.05, 3.63) is 17.0 Å².